The fraction of sp³-hybridized carbons (Fsp3) is 0.857. The first kappa shape index (κ1) is 15.6. The van der Waals surface area contributed by atoms with Crippen molar-refractivity contribution in [3.8, 4) is 0 Å². The van der Waals surface area contributed by atoms with Crippen molar-refractivity contribution >= 4 is 23.6 Å². The Morgan fingerprint density at radius 3 is 2.65 bits per heavy atom. The molecule has 0 radical (unpaired) electrons. The zero-order valence-electron chi connectivity index (χ0n) is 12.2. The van der Waals surface area contributed by atoms with E-state index in [1.54, 1.807) is 16.7 Å². The van der Waals surface area contributed by atoms with Gasteiger partial charge in [-0.05, 0) is 31.7 Å². The molecule has 1 saturated heterocycles. The van der Waals surface area contributed by atoms with E-state index in [-0.39, 0.29) is 11.3 Å². The maximum Gasteiger partial charge on any atom is 0.327 e. The van der Waals surface area contributed by atoms with Gasteiger partial charge in [0.1, 0.15) is 6.04 Å². The Kier molecular flexibility index (Phi) is 5.32. The summed E-state index contributed by atoms with van der Waals surface area (Å²) in [5.41, 5.74) is 0. The monoisotopic (exact) mass is 300 g/mol. The Labute approximate surface area is 124 Å². The van der Waals surface area contributed by atoms with Gasteiger partial charge in [-0.25, -0.2) is 4.79 Å². The molecule has 2 unspecified atom stereocenters. The minimum atomic E-state index is -0.866. The van der Waals surface area contributed by atoms with Gasteiger partial charge in [0.05, 0.1) is 5.37 Å². The van der Waals surface area contributed by atoms with Gasteiger partial charge in [0, 0.05) is 18.2 Å². The lowest BCUT2D eigenvalue weighted by Crippen LogP contribution is -2.46. The second kappa shape index (κ2) is 6.80. The molecule has 1 aliphatic heterocycles. The number of hydrogen-bond donors (Lipinski definition) is 2. The molecule has 2 fully saturated rings. The van der Waals surface area contributed by atoms with E-state index in [0.29, 0.717) is 24.1 Å². The van der Waals surface area contributed by atoms with Gasteiger partial charge in [0.25, 0.3) is 0 Å². The summed E-state index contributed by atoms with van der Waals surface area (Å²) < 4.78 is 0. The molecule has 0 aromatic heterocycles. The molecular weight excluding hydrogens is 276 g/mol. The highest BCUT2D eigenvalue weighted by Gasteiger charge is 2.47. The van der Waals surface area contributed by atoms with Crippen molar-refractivity contribution in [1.29, 1.82) is 0 Å². The van der Waals surface area contributed by atoms with Crippen LogP contribution in [0.15, 0.2) is 0 Å². The lowest BCUT2D eigenvalue weighted by Gasteiger charge is -2.27. The summed E-state index contributed by atoms with van der Waals surface area (Å²) in [7, 11) is 0. The van der Waals surface area contributed by atoms with E-state index in [9.17, 15) is 14.7 Å². The molecule has 2 rings (SSSR count). The SMILES string of the molecule is CC(C)NCCCC(=O)N1C(C(=O)O)CSC1C1CC1. The van der Waals surface area contributed by atoms with Crippen LogP contribution in [0.5, 0.6) is 0 Å². The lowest BCUT2D eigenvalue weighted by atomic mass is 10.2. The molecule has 1 heterocycles. The molecule has 2 atom stereocenters. The molecule has 1 amide bonds. The molecule has 0 aromatic rings. The maximum atomic E-state index is 12.4. The van der Waals surface area contributed by atoms with Crippen LogP contribution in [0, 0.1) is 5.92 Å². The first-order valence-corrected chi connectivity index (χ1v) is 8.44. The Hall–Kier alpha value is -0.750. The summed E-state index contributed by atoms with van der Waals surface area (Å²) in [5, 5.41) is 12.7. The number of rotatable bonds is 7. The van der Waals surface area contributed by atoms with Crippen LogP contribution in [0.3, 0.4) is 0 Å². The third kappa shape index (κ3) is 3.88. The van der Waals surface area contributed by atoms with Gasteiger partial charge in [-0.15, -0.1) is 11.8 Å². The number of nitrogens with zero attached hydrogens (tertiary/aromatic N) is 1. The van der Waals surface area contributed by atoms with E-state index < -0.39 is 12.0 Å². The number of carbonyl (C=O) groups excluding carboxylic acids is 1. The molecule has 1 saturated carbocycles. The first-order chi connectivity index (χ1) is 9.50. The Balaban J connectivity index is 1.88. The van der Waals surface area contributed by atoms with Crippen molar-refractivity contribution in [1.82, 2.24) is 10.2 Å². The number of aliphatic carboxylic acids is 1. The fourth-order valence-electron chi connectivity index (χ4n) is 2.54. The summed E-state index contributed by atoms with van der Waals surface area (Å²) in [5.74, 6) is 0.188. The summed E-state index contributed by atoms with van der Waals surface area (Å²) in [4.78, 5) is 25.3. The predicted octanol–water partition coefficient (Wildman–Crippen LogP) is 1.53. The van der Waals surface area contributed by atoms with Crippen LogP contribution in [0.25, 0.3) is 0 Å². The van der Waals surface area contributed by atoms with Crippen molar-refractivity contribution in [2.24, 2.45) is 5.92 Å². The average molecular weight is 300 g/mol. The molecule has 5 nitrogen and oxygen atoms in total. The average Bonchev–Trinajstić information content (AvgIpc) is 3.12. The maximum absolute atomic E-state index is 12.4. The van der Waals surface area contributed by atoms with Crippen LogP contribution in [-0.2, 0) is 9.59 Å². The quantitative estimate of drug-likeness (QED) is 0.698. The molecule has 0 bridgehead atoms. The molecule has 20 heavy (non-hydrogen) atoms. The summed E-state index contributed by atoms with van der Waals surface area (Å²) in [6.45, 7) is 4.95. The van der Waals surface area contributed by atoms with Crippen molar-refractivity contribution in [2.75, 3.05) is 12.3 Å². The Morgan fingerprint density at radius 1 is 1.40 bits per heavy atom. The molecular formula is C14H24N2O3S. The third-order valence-corrected chi connectivity index (χ3v) is 5.21. The van der Waals surface area contributed by atoms with Crippen LogP contribution in [0.4, 0.5) is 0 Å². The highest BCUT2D eigenvalue weighted by molar-refractivity contribution is 8.00. The minimum Gasteiger partial charge on any atom is -0.480 e. The van der Waals surface area contributed by atoms with Crippen molar-refractivity contribution in [3.05, 3.63) is 0 Å². The second-order valence-electron chi connectivity index (χ2n) is 5.93. The predicted molar refractivity (Wildman–Crippen MR) is 79.6 cm³/mol. The van der Waals surface area contributed by atoms with Gasteiger partial charge >= 0.3 is 5.97 Å². The summed E-state index contributed by atoms with van der Waals surface area (Å²) in [6.07, 6.45) is 3.46. The number of hydrogen-bond acceptors (Lipinski definition) is 4. The number of thioether (sulfide) groups is 1. The standard InChI is InChI=1S/C14H24N2O3S/c1-9(2)15-7-3-4-12(17)16-11(14(18)19)8-20-13(16)10-5-6-10/h9-11,13,15H,3-8H2,1-2H3,(H,18,19). The normalized spacial score (nSPS) is 26.2. The van der Waals surface area contributed by atoms with Crippen molar-refractivity contribution < 1.29 is 14.7 Å². The van der Waals surface area contributed by atoms with Gasteiger partial charge < -0.3 is 15.3 Å². The summed E-state index contributed by atoms with van der Waals surface area (Å²) >= 11 is 1.64. The minimum absolute atomic E-state index is 0.00450. The number of nitrogens with one attached hydrogen (secondary N) is 1. The number of carboxylic acids is 1. The van der Waals surface area contributed by atoms with E-state index in [1.807, 2.05) is 0 Å². The molecule has 114 valence electrons. The van der Waals surface area contributed by atoms with Gasteiger partial charge in [0.2, 0.25) is 5.91 Å². The molecule has 0 aromatic carbocycles. The van der Waals surface area contributed by atoms with Crippen LogP contribution in [-0.4, -0.2) is 51.6 Å². The van der Waals surface area contributed by atoms with Gasteiger partial charge in [0.15, 0.2) is 0 Å². The highest BCUT2D eigenvalue weighted by atomic mass is 32.2. The van der Waals surface area contributed by atoms with Gasteiger partial charge in [-0.3, -0.25) is 4.79 Å². The Bertz CT molecular complexity index is 371. The molecule has 6 heteroatoms. The zero-order valence-corrected chi connectivity index (χ0v) is 13.0. The highest BCUT2D eigenvalue weighted by Crippen LogP contribution is 2.45. The largest absolute Gasteiger partial charge is 0.480 e. The van der Waals surface area contributed by atoms with E-state index in [4.69, 9.17) is 0 Å². The van der Waals surface area contributed by atoms with E-state index in [1.165, 1.54) is 0 Å². The number of amides is 1. The van der Waals surface area contributed by atoms with Crippen molar-refractivity contribution in [3.63, 3.8) is 0 Å². The van der Waals surface area contributed by atoms with E-state index in [0.717, 1.165) is 25.8 Å². The van der Waals surface area contributed by atoms with Crippen LogP contribution < -0.4 is 5.32 Å². The number of carbonyl (C=O) groups is 2. The first-order valence-electron chi connectivity index (χ1n) is 7.39. The summed E-state index contributed by atoms with van der Waals surface area (Å²) in [6, 6.07) is -0.213. The third-order valence-electron chi connectivity index (χ3n) is 3.75. The number of carboxylic acid groups (broad SMARTS) is 1. The van der Waals surface area contributed by atoms with Crippen molar-refractivity contribution in [2.45, 2.75) is 57.0 Å². The molecule has 2 aliphatic rings. The van der Waals surface area contributed by atoms with E-state index >= 15 is 0 Å². The topological polar surface area (TPSA) is 69.6 Å². The van der Waals surface area contributed by atoms with Gasteiger partial charge in [-0.2, -0.15) is 0 Å². The smallest absolute Gasteiger partial charge is 0.327 e. The molecule has 0 spiro atoms. The second-order valence-corrected chi connectivity index (χ2v) is 7.08. The molecule has 1 aliphatic carbocycles. The zero-order chi connectivity index (χ0) is 14.7. The lowest BCUT2D eigenvalue weighted by molar-refractivity contribution is -0.149. The van der Waals surface area contributed by atoms with Gasteiger partial charge in [-0.1, -0.05) is 13.8 Å². The van der Waals surface area contributed by atoms with Crippen LogP contribution >= 0.6 is 11.8 Å². The molecule has 2 N–H and O–H groups in total. The van der Waals surface area contributed by atoms with Crippen LogP contribution in [0.1, 0.15) is 39.5 Å². The van der Waals surface area contributed by atoms with Crippen LogP contribution in [0.2, 0.25) is 0 Å². The Morgan fingerprint density at radius 2 is 2.10 bits per heavy atom. The van der Waals surface area contributed by atoms with E-state index in [2.05, 4.69) is 19.2 Å². The fourth-order valence-corrected chi connectivity index (χ4v) is 4.19.